The number of nitrogens with one attached hydrogen (secondary N) is 2. The fourth-order valence-corrected chi connectivity index (χ4v) is 1.34. The second-order valence-electron chi connectivity index (χ2n) is 3.30. The lowest BCUT2D eigenvalue weighted by molar-refractivity contribution is 0.981. The summed E-state index contributed by atoms with van der Waals surface area (Å²) in [5.74, 6) is 0. The second kappa shape index (κ2) is 3.96. The Morgan fingerprint density at radius 2 is 2.29 bits per heavy atom. The minimum Gasteiger partial charge on any atom is -0.379 e. The van der Waals surface area contributed by atoms with Crippen molar-refractivity contribution >= 4 is 5.69 Å². The van der Waals surface area contributed by atoms with Crippen LogP contribution in [0, 0.1) is 6.92 Å². The van der Waals surface area contributed by atoms with Crippen LogP contribution in [-0.2, 0) is 6.54 Å². The first-order valence-electron chi connectivity index (χ1n) is 4.63. The maximum absolute atomic E-state index is 3.89. The normalized spacial score (nSPS) is 10.1. The molecule has 3 heteroatoms. The first-order valence-corrected chi connectivity index (χ1v) is 4.63. The number of H-pyrrole nitrogens is 1. The summed E-state index contributed by atoms with van der Waals surface area (Å²) in [7, 11) is 0. The van der Waals surface area contributed by atoms with Crippen LogP contribution in [0.2, 0.25) is 0 Å². The van der Waals surface area contributed by atoms with E-state index in [1.807, 2.05) is 12.1 Å². The predicted octanol–water partition coefficient (Wildman–Crippen LogP) is 2.33. The highest BCUT2D eigenvalue weighted by atomic mass is 15.1. The molecule has 72 valence electrons. The first kappa shape index (κ1) is 8.81. The molecule has 0 spiro atoms. The van der Waals surface area contributed by atoms with Gasteiger partial charge < -0.3 is 5.32 Å². The Kier molecular flexibility index (Phi) is 2.49. The largest absolute Gasteiger partial charge is 0.379 e. The summed E-state index contributed by atoms with van der Waals surface area (Å²) >= 11 is 0. The number of rotatable bonds is 3. The molecule has 2 aromatic rings. The van der Waals surface area contributed by atoms with E-state index >= 15 is 0 Å². The van der Waals surface area contributed by atoms with Crippen molar-refractivity contribution in [3.05, 3.63) is 47.8 Å². The average Bonchev–Trinajstić information content (AvgIpc) is 2.67. The zero-order valence-corrected chi connectivity index (χ0v) is 8.12. The lowest BCUT2D eigenvalue weighted by Gasteiger charge is -2.04. The molecule has 1 aromatic heterocycles. The molecular weight excluding hydrogens is 174 g/mol. The maximum atomic E-state index is 3.89. The molecule has 0 aliphatic rings. The Morgan fingerprint density at radius 1 is 1.36 bits per heavy atom. The van der Waals surface area contributed by atoms with E-state index in [9.17, 15) is 0 Å². The summed E-state index contributed by atoms with van der Waals surface area (Å²) in [6.07, 6.45) is 1.76. The number of aromatic nitrogens is 2. The lowest BCUT2D eigenvalue weighted by Crippen LogP contribution is -1.99. The Labute approximate surface area is 83.2 Å². The van der Waals surface area contributed by atoms with Gasteiger partial charge in [-0.05, 0) is 30.7 Å². The highest BCUT2D eigenvalue weighted by molar-refractivity contribution is 5.45. The fraction of sp³-hybridized carbons (Fsp3) is 0.182. The van der Waals surface area contributed by atoms with Gasteiger partial charge in [0.05, 0.1) is 12.2 Å². The smallest absolute Gasteiger partial charge is 0.0567 e. The van der Waals surface area contributed by atoms with Gasteiger partial charge in [-0.25, -0.2) is 0 Å². The number of hydrogen-bond acceptors (Lipinski definition) is 2. The van der Waals surface area contributed by atoms with Gasteiger partial charge in [0, 0.05) is 11.9 Å². The Hall–Kier alpha value is -1.77. The molecular formula is C11H13N3. The number of aryl methyl sites for hydroxylation is 1. The van der Waals surface area contributed by atoms with Crippen molar-refractivity contribution in [2.45, 2.75) is 13.5 Å². The van der Waals surface area contributed by atoms with E-state index in [-0.39, 0.29) is 0 Å². The molecule has 2 rings (SSSR count). The van der Waals surface area contributed by atoms with Crippen LogP contribution >= 0.6 is 0 Å². The van der Waals surface area contributed by atoms with Crippen LogP contribution in [0.3, 0.4) is 0 Å². The number of anilines is 1. The third-order valence-electron chi connectivity index (χ3n) is 2.06. The lowest BCUT2D eigenvalue weighted by atomic mass is 10.2. The van der Waals surface area contributed by atoms with Crippen molar-refractivity contribution in [1.82, 2.24) is 10.2 Å². The van der Waals surface area contributed by atoms with Gasteiger partial charge in [0.1, 0.15) is 0 Å². The minimum absolute atomic E-state index is 0.781. The zero-order valence-electron chi connectivity index (χ0n) is 8.12. The molecule has 0 atom stereocenters. The summed E-state index contributed by atoms with van der Waals surface area (Å²) in [5.41, 5.74) is 3.49. The summed E-state index contributed by atoms with van der Waals surface area (Å²) in [6.45, 7) is 2.87. The summed E-state index contributed by atoms with van der Waals surface area (Å²) < 4.78 is 0. The van der Waals surface area contributed by atoms with Crippen molar-refractivity contribution in [2.75, 3.05) is 5.32 Å². The van der Waals surface area contributed by atoms with Crippen molar-refractivity contribution < 1.29 is 0 Å². The Bertz CT molecular complexity index is 393. The van der Waals surface area contributed by atoms with Gasteiger partial charge in [0.25, 0.3) is 0 Å². The van der Waals surface area contributed by atoms with Gasteiger partial charge in [-0.2, -0.15) is 5.10 Å². The molecule has 1 heterocycles. The molecule has 14 heavy (non-hydrogen) atoms. The molecule has 0 unspecified atom stereocenters. The molecule has 0 aliphatic carbocycles. The Balaban J connectivity index is 1.98. The number of hydrogen-bond donors (Lipinski definition) is 2. The van der Waals surface area contributed by atoms with Crippen molar-refractivity contribution in [1.29, 1.82) is 0 Å². The maximum Gasteiger partial charge on any atom is 0.0567 e. The number of aromatic amines is 1. The topological polar surface area (TPSA) is 40.7 Å². The van der Waals surface area contributed by atoms with Gasteiger partial charge in [-0.3, -0.25) is 5.10 Å². The minimum atomic E-state index is 0.781. The van der Waals surface area contributed by atoms with E-state index in [1.165, 1.54) is 5.56 Å². The second-order valence-corrected chi connectivity index (χ2v) is 3.30. The quantitative estimate of drug-likeness (QED) is 0.774. The van der Waals surface area contributed by atoms with E-state index in [4.69, 9.17) is 0 Å². The molecule has 3 nitrogen and oxygen atoms in total. The van der Waals surface area contributed by atoms with Crippen LogP contribution < -0.4 is 5.32 Å². The van der Waals surface area contributed by atoms with E-state index in [2.05, 4.69) is 40.6 Å². The third kappa shape index (κ3) is 2.13. The molecule has 2 N–H and O–H groups in total. The monoisotopic (exact) mass is 187 g/mol. The molecule has 0 radical (unpaired) electrons. The Morgan fingerprint density at radius 3 is 3.00 bits per heavy atom. The van der Waals surface area contributed by atoms with Crippen LogP contribution in [-0.4, -0.2) is 10.2 Å². The molecule has 0 bridgehead atoms. The van der Waals surface area contributed by atoms with Crippen molar-refractivity contribution in [2.24, 2.45) is 0 Å². The predicted molar refractivity (Wildman–Crippen MR) is 57.1 cm³/mol. The van der Waals surface area contributed by atoms with Crippen LogP contribution in [0.25, 0.3) is 0 Å². The molecule has 1 aromatic carbocycles. The van der Waals surface area contributed by atoms with Crippen molar-refractivity contribution in [3.8, 4) is 0 Å². The van der Waals surface area contributed by atoms with Gasteiger partial charge in [0.15, 0.2) is 0 Å². The zero-order chi connectivity index (χ0) is 9.80. The van der Waals surface area contributed by atoms with Gasteiger partial charge in [0.2, 0.25) is 0 Å². The van der Waals surface area contributed by atoms with Crippen LogP contribution in [0.1, 0.15) is 11.3 Å². The van der Waals surface area contributed by atoms with E-state index in [1.54, 1.807) is 6.20 Å². The molecule has 0 fully saturated rings. The number of nitrogens with zero attached hydrogens (tertiary/aromatic N) is 1. The molecule has 0 amide bonds. The van der Waals surface area contributed by atoms with E-state index in [0.29, 0.717) is 0 Å². The van der Waals surface area contributed by atoms with Crippen LogP contribution in [0.15, 0.2) is 36.5 Å². The van der Waals surface area contributed by atoms with Gasteiger partial charge >= 0.3 is 0 Å². The summed E-state index contributed by atoms with van der Waals surface area (Å²) in [5, 5.41) is 10.1. The van der Waals surface area contributed by atoms with Crippen molar-refractivity contribution in [3.63, 3.8) is 0 Å². The van der Waals surface area contributed by atoms with Gasteiger partial charge in [-0.15, -0.1) is 0 Å². The van der Waals surface area contributed by atoms with E-state index < -0.39 is 0 Å². The van der Waals surface area contributed by atoms with Crippen LogP contribution in [0.5, 0.6) is 0 Å². The fourth-order valence-electron chi connectivity index (χ4n) is 1.34. The molecule has 0 aliphatic heterocycles. The summed E-state index contributed by atoms with van der Waals surface area (Å²) in [6, 6.07) is 10.3. The first-order chi connectivity index (χ1) is 6.84. The average molecular weight is 187 g/mol. The highest BCUT2D eigenvalue weighted by Gasteiger charge is 1.94. The molecule has 0 saturated carbocycles. The SMILES string of the molecule is Cc1cccc(NCc2ccn[nH]2)c1. The number of benzene rings is 1. The van der Waals surface area contributed by atoms with Gasteiger partial charge in [-0.1, -0.05) is 12.1 Å². The van der Waals surface area contributed by atoms with E-state index in [0.717, 1.165) is 17.9 Å². The summed E-state index contributed by atoms with van der Waals surface area (Å²) in [4.78, 5) is 0. The van der Waals surface area contributed by atoms with Crippen LogP contribution in [0.4, 0.5) is 5.69 Å². The highest BCUT2D eigenvalue weighted by Crippen LogP contribution is 2.10. The standard InChI is InChI=1S/C11H13N3/c1-9-3-2-4-10(7-9)12-8-11-5-6-13-14-11/h2-7,12H,8H2,1H3,(H,13,14). The third-order valence-corrected chi connectivity index (χ3v) is 2.06. The molecule has 0 saturated heterocycles.